The third kappa shape index (κ3) is 5.17. The number of fused-ring (bicyclic) bond motifs is 1. The molecule has 0 unspecified atom stereocenters. The number of imidazole rings is 1. The Labute approximate surface area is 151 Å². The molecule has 0 aliphatic carbocycles. The van der Waals surface area contributed by atoms with Gasteiger partial charge >= 0.3 is 7.82 Å². The molecule has 3 heterocycles. The van der Waals surface area contributed by atoms with Gasteiger partial charge in [0.05, 0.1) is 12.9 Å². The lowest BCUT2D eigenvalue weighted by molar-refractivity contribution is -0.134. The molecule has 1 fully saturated rings. The number of nitrogen functional groups attached to an aromatic ring is 1. The molecule has 2 aromatic rings. The molecule has 0 spiro atoms. The van der Waals surface area contributed by atoms with E-state index in [0.29, 0.717) is 5.52 Å². The van der Waals surface area contributed by atoms with Crippen molar-refractivity contribution in [1.82, 2.24) is 19.5 Å². The van der Waals surface area contributed by atoms with Crippen LogP contribution in [0.5, 0.6) is 0 Å². The Morgan fingerprint density at radius 2 is 1.96 bits per heavy atom. The number of aliphatic hydroxyl groups excluding tert-OH is 2. The van der Waals surface area contributed by atoms with Gasteiger partial charge in [-0.05, 0) is 0 Å². The van der Waals surface area contributed by atoms with Crippen LogP contribution >= 0.6 is 7.82 Å². The van der Waals surface area contributed by atoms with Crippen LogP contribution in [0.3, 0.4) is 0 Å². The van der Waals surface area contributed by atoms with Gasteiger partial charge in [0.2, 0.25) is 0 Å². The van der Waals surface area contributed by atoms with Crippen molar-refractivity contribution in [2.24, 2.45) is 0 Å². The Hall–Kier alpha value is -2.19. The lowest BCUT2D eigenvalue weighted by Gasteiger charge is -2.16. The number of phosphoric acid groups is 1. The van der Waals surface area contributed by atoms with E-state index in [-0.39, 0.29) is 11.5 Å². The van der Waals surface area contributed by atoms with Gasteiger partial charge in [-0.15, -0.1) is 0 Å². The molecule has 0 saturated carbocycles. The normalized spacial score (nSPS) is 25.2. The van der Waals surface area contributed by atoms with E-state index < -0.39 is 44.9 Å². The summed E-state index contributed by atoms with van der Waals surface area (Å²) >= 11 is 0. The fourth-order valence-electron chi connectivity index (χ4n) is 2.32. The molecule has 3 rings (SSSR count). The molecule has 1 aliphatic rings. The maximum Gasteiger partial charge on any atom is 0.469 e. The summed E-state index contributed by atoms with van der Waals surface area (Å²) < 4.78 is 21.8. The zero-order valence-electron chi connectivity index (χ0n) is 13.9. The summed E-state index contributed by atoms with van der Waals surface area (Å²) in [5, 5.41) is 27.5. The fraction of sp³-hybridized carbons (Fsp3) is 0.500. The van der Waals surface area contributed by atoms with Crippen molar-refractivity contribution in [3.05, 3.63) is 12.7 Å². The van der Waals surface area contributed by atoms with Crippen molar-refractivity contribution in [3.63, 3.8) is 0 Å². The number of phosphoric ester groups is 1. The first-order valence-electron chi connectivity index (χ1n) is 7.35. The zero-order chi connectivity index (χ0) is 20.4. The van der Waals surface area contributed by atoms with E-state index in [9.17, 15) is 14.8 Å². The van der Waals surface area contributed by atoms with Crippen LogP contribution in [0.2, 0.25) is 0 Å². The predicted octanol–water partition coefficient (Wildman–Crippen LogP) is -1.77. The molecule has 4 atom stereocenters. The Morgan fingerprint density at radius 1 is 1.33 bits per heavy atom. The van der Waals surface area contributed by atoms with Gasteiger partial charge < -0.3 is 35.6 Å². The van der Waals surface area contributed by atoms with Crippen molar-refractivity contribution >= 4 is 30.8 Å². The van der Waals surface area contributed by atoms with Crippen LogP contribution in [0.25, 0.3) is 11.2 Å². The minimum atomic E-state index is -4.72. The molecular weight excluding hydrogens is 389 g/mol. The number of carbonyl (C=O) groups is 1. The fourth-order valence-corrected chi connectivity index (χ4v) is 2.66. The minimum absolute atomic E-state index is 0.142. The van der Waals surface area contributed by atoms with Crippen LogP contribution in [0.1, 0.15) is 13.2 Å². The number of aliphatic hydroxyl groups is 2. The summed E-state index contributed by atoms with van der Waals surface area (Å²) in [5.74, 6) is -0.692. The lowest BCUT2D eigenvalue weighted by atomic mass is 10.1. The number of aromatic nitrogens is 4. The highest BCUT2D eigenvalue weighted by Crippen LogP contribution is 2.38. The Kier molecular flexibility index (Phi) is 6.43. The first-order chi connectivity index (χ1) is 12.5. The molecule has 15 heteroatoms. The molecule has 7 N–H and O–H groups in total. The van der Waals surface area contributed by atoms with Crippen molar-refractivity contribution < 1.29 is 43.7 Å². The average Bonchev–Trinajstić information content (AvgIpc) is 3.08. The zero-order valence-corrected chi connectivity index (χ0v) is 14.7. The number of nitrogens with two attached hydrogens (primary N) is 1. The van der Waals surface area contributed by atoms with Gasteiger partial charge in [-0.25, -0.2) is 19.5 Å². The smallest absolute Gasteiger partial charge is 0.469 e. The second-order valence-corrected chi connectivity index (χ2v) is 6.67. The van der Waals surface area contributed by atoms with E-state index in [1.54, 1.807) is 0 Å². The van der Waals surface area contributed by atoms with Gasteiger partial charge in [0, 0.05) is 6.92 Å². The molecule has 0 amide bonds. The standard InChI is InChI=1S/C10H14N5O7P.C2H4O2/c11-8-5-9(13-2-12-8)15(3-14-5)10-7(17)6(16)4(22-10)1-21-23(18,19)20;1-2(3)4/h2-4,6-7,10,16-17H,1H2,(H2,11,12,13)(H2,18,19,20);1H3,(H,3,4)/t4-,6-,7-,10-;/m1./s1. The van der Waals surface area contributed by atoms with E-state index in [1.165, 1.54) is 17.2 Å². The summed E-state index contributed by atoms with van der Waals surface area (Å²) in [6.45, 7) is 0.489. The molecule has 14 nitrogen and oxygen atoms in total. The molecular formula is C12H18N5O9P. The number of carboxylic acid groups (broad SMARTS) is 1. The third-order valence-corrected chi connectivity index (χ3v) is 3.89. The van der Waals surface area contributed by atoms with E-state index in [2.05, 4.69) is 19.5 Å². The first-order valence-corrected chi connectivity index (χ1v) is 8.88. The van der Waals surface area contributed by atoms with Crippen LogP contribution < -0.4 is 5.73 Å². The molecule has 27 heavy (non-hydrogen) atoms. The van der Waals surface area contributed by atoms with Gasteiger partial charge in [0.1, 0.15) is 30.2 Å². The SMILES string of the molecule is CC(=O)O.Nc1ncnc2c1ncn2[C@@H]1O[C@H](COP(=O)(O)O)[C@@H](O)[C@H]1O. The second kappa shape index (κ2) is 8.22. The summed E-state index contributed by atoms with van der Waals surface area (Å²) in [6.07, 6.45) is -2.49. The maximum atomic E-state index is 10.7. The van der Waals surface area contributed by atoms with Crippen LogP contribution in [0.15, 0.2) is 12.7 Å². The predicted molar refractivity (Wildman–Crippen MR) is 87.0 cm³/mol. The largest absolute Gasteiger partial charge is 0.481 e. The first kappa shape index (κ1) is 21.1. The molecule has 150 valence electrons. The Balaban J connectivity index is 0.000000596. The molecule has 0 radical (unpaired) electrons. The number of hydrogen-bond donors (Lipinski definition) is 6. The summed E-state index contributed by atoms with van der Waals surface area (Å²) in [6, 6.07) is 0. The van der Waals surface area contributed by atoms with E-state index in [1.807, 2.05) is 0 Å². The highest BCUT2D eigenvalue weighted by molar-refractivity contribution is 7.46. The van der Waals surface area contributed by atoms with E-state index in [0.717, 1.165) is 6.92 Å². The van der Waals surface area contributed by atoms with Crippen LogP contribution in [-0.4, -0.2) is 75.5 Å². The molecule has 0 aromatic carbocycles. The Morgan fingerprint density at radius 3 is 2.56 bits per heavy atom. The van der Waals surface area contributed by atoms with E-state index in [4.69, 9.17) is 30.2 Å². The van der Waals surface area contributed by atoms with Crippen LogP contribution in [-0.2, 0) is 18.6 Å². The topological polar surface area (TPSA) is 223 Å². The Bertz CT molecular complexity index is 851. The van der Waals surface area contributed by atoms with Crippen LogP contribution in [0.4, 0.5) is 5.82 Å². The quantitative estimate of drug-likeness (QED) is 0.309. The van der Waals surface area contributed by atoms with Gasteiger partial charge in [-0.2, -0.15) is 0 Å². The average molecular weight is 407 g/mol. The van der Waals surface area contributed by atoms with Crippen molar-refractivity contribution in [1.29, 1.82) is 0 Å². The lowest BCUT2D eigenvalue weighted by Crippen LogP contribution is -2.33. The second-order valence-electron chi connectivity index (χ2n) is 5.43. The molecule has 1 aliphatic heterocycles. The maximum absolute atomic E-state index is 10.7. The van der Waals surface area contributed by atoms with Crippen molar-refractivity contribution in [2.45, 2.75) is 31.5 Å². The number of rotatable bonds is 4. The third-order valence-electron chi connectivity index (χ3n) is 3.41. The minimum Gasteiger partial charge on any atom is -0.481 e. The molecule has 0 bridgehead atoms. The van der Waals surface area contributed by atoms with Crippen LogP contribution in [0, 0.1) is 0 Å². The number of nitrogens with zero attached hydrogens (tertiary/aromatic N) is 4. The van der Waals surface area contributed by atoms with E-state index >= 15 is 0 Å². The van der Waals surface area contributed by atoms with Gasteiger partial charge in [0.15, 0.2) is 17.7 Å². The summed E-state index contributed by atoms with van der Waals surface area (Å²) in [5.41, 5.74) is 6.25. The summed E-state index contributed by atoms with van der Waals surface area (Å²) in [4.78, 5) is 38.2. The number of carboxylic acids is 1. The number of anilines is 1. The van der Waals surface area contributed by atoms with Crippen molar-refractivity contribution in [3.8, 4) is 0 Å². The van der Waals surface area contributed by atoms with Crippen molar-refractivity contribution in [2.75, 3.05) is 12.3 Å². The highest BCUT2D eigenvalue weighted by Gasteiger charge is 2.45. The monoisotopic (exact) mass is 407 g/mol. The number of hydrogen-bond acceptors (Lipinski definition) is 10. The highest BCUT2D eigenvalue weighted by atomic mass is 31.2. The van der Waals surface area contributed by atoms with Gasteiger partial charge in [-0.3, -0.25) is 13.9 Å². The molecule has 2 aromatic heterocycles. The number of ether oxygens (including phenoxy) is 1. The van der Waals surface area contributed by atoms with Gasteiger partial charge in [0.25, 0.3) is 5.97 Å². The van der Waals surface area contributed by atoms with Gasteiger partial charge in [-0.1, -0.05) is 0 Å². The number of aliphatic carboxylic acids is 1. The summed E-state index contributed by atoms with van der Waals surface area (Å²) in [7, 11) is -4.72. The molecule has 1 saturated heterocycles.